The van der Waals surface area contributed by atoms with Crippen LogP contribution in [0, 0.1) is 5.92 Å². The van der Waals surface area contributed by atoms with Crippen LogP contribution < -0.4 is 10.0 Å². The summed E-state index contributed by atoms with van der Waals surface area (Å²) in [5, 5.41) is 10.5. The summed E-state index contributed by atoms with van der Waals surface area (Å²) in [7, 11) is 3.64. The molecule has 0 amide bonds. The van der Waals surface area contributed by atoms with Gasteiger partial charge in [-0.3, -0.25) is 0 Å². The van der Waals surface area contributed by atoms with Gasteiger partial charge in [0.05, 0.1) is 20.1 Å². The van der Waals surface area contributed by atoms with Crippen molar-refractivity contribution in [3.8, 4) is 0 Å². The topological polar surface area (TPSA) is 44.6 Å². The Morgan fingerprint density at radius 2 is 1.80 bits per heavy atom. The summed E-state index contributed by atoms with van der Waals surface area (Å²) < 4.78 is 0. The maximum Gasteiger partial charge on any atom is 0.129 e. The second-order valence-corrected chi connectivity index (χ2v) is 3.12. The summed E-state index contributed by atoms with van der Waals surface area (Å²) in [6, 6.07) is -0.389. The predicted molar refractivity (Wildman–Crippen MR) is 36.4 cm³/mol. The first-order valence-electron chi connectivity index (χ1n) is 3.47. The van der Waals surface area contributed by atoms with Crippen molar-refractivity contribution < 1.29 is 14.8 Å². The molecule has 60 valence electrons. The molecule has 3 nitrogen and oxygen atoms in total. The molecule has 0 spiro atoms. The Labute approximate surface area is 61.6 Å². The Bertz CT molecular complexity index is 113. The fraction of sp³-hybridized carbons (Fsp3) is 0.857. The molecule has 0 aromatic heterocycles. The lowest BCUT2D eigenvalue weighted by Crippen LogP contribution is -3.12. The Morgan fingerprint density at radius 3 is 1.80 bits per heavy atom. The van der Waals surface area contributed by atoms with Crippen LogP contribution in [-0.4, -0.2) is 26.1 Å². The van der Waals surface area contributed by atoms with Crippen LogP contribution in [0.4, 0.5) is 0 Å². The van der Waals surface area contributed by atoms with Gasteiger partial charge < -0.3 is 14.8 Å². The van der Waals surface area contributed by atoms with Crippen LogP contribution in [0.5, 0.6) is 0 Å². The maximum atomic E-state index is 10.5. The van der Waals surface area contributed by atoms with Gasteiger partial charge >= 0.3 is 0 Å². The van der Waals surface area contributed by atoms with Crippen LogP contribution >= 0.6 is 0 Å². The summed E-state index contributed by atoms with van der Waals surface area (Å²) in [6.45, 7) is 3.76. The number of hydrogen-bond acceptors (Lipinski definition) is 2. The molecular weight excluding hydrogens is 130 g/mol. The van der Waals surface area contributed by atoms with E-state index in [1.54, 1.807) is 0 Å². The van der Waals surface area contributed by atoms with E-state index in [-0.39, 0.29) is 12.0 Å². The van der Waals surface area contributed by atoms with Crippen molar-refractivity contribution in [2.75, 3.05) is 14.1 Å². The van der Waals surface area contributed by atoms with Gasteiger partial charge in [0.2, 0.25) is 0 Å². The predicted octanol–water partition coefficient (Wildman–Crippen LogP) is -2.09. The normalized spacial score (nSPS) is 14.2. The highest BCUT2D eigenvalue weighted by Gasteiger charge is 2.19. The quantitative estimate of drug-likeness (QED) is 0.494. The maximum absolute atomic E-state index is 10.5. The third-order valence-corrected chi connectivity index (χ3v) is 1.54. The molecule has 10 heavy (non-hydrogen) atoms. The second kappa shape index (κ2) is 3.56. The summed E-state index contributed by atoms with van der Waals surface area (Å²) in [4.78, 5) is 11.4. The number of carboxylic acid groups (broad SMARTS) is 1. The number of likely N-dealkylation sites (N-methyl/N-ethyl adjacent to an activating group) is 1. The Balaban J connectivity index is 4.12. The number of nitrogens with one attached hydrogen (secondary N) is 1. The highest BCUT2D eigenvalue weighted by Crippen LogP contribution is 1.94. The second-order valence-electron chi connectivity index (χ2n) is 3.12. The summed E-state index contributed by atoms with van der Waals surface area (Å²) >= 11 is 0. The number of carboxylic acids is 1. The van der Waals surface area contributed by atoms with Crippen molar-refractivity contribution in [1.82, 2.24) is 0 Å². The molecule has 0 heterocycles. The van der Waals surface area contributed by atoms with Crippen LogP contribution in [0.2, 0.25) is 0 Å². The third kappa shape index (κ3) is 2.35. The van der Waals surface area contributed by atoms with E-state index in [0.717, 1.165) is 4.90 Å². The Kier molecular flexibility index (Phi) is 3.36. The van der Waals surface area contributed by atoms with E-state index in [0.29, 0.717) is 0 Å². The number of carbonyl (C=O) groups is 1. The molecule has 1 atom stereocenters. The van der Waals surface area contributed by atoms with Crippen LogP contribution in [0.1, 0.15) is 13.8 Å². The number of aliphatic carboxylic acids is 1. The smallest absolute Gasteiger partial charge is 0.129 e. The molecule has 0 aliphatic carbocycles. The average molecular weight is 145 g/mol. The molecular formula is C7H15NO2. The Morgan fingerprint density at radius 1 is 1.40 bits per heavy atom. The van der Waals surface area contributed by atoms with Gasteiger partial charge in [-0.05, 0) is 0 Å². The summed E-state index contributed by atoms with van der Waals surface area (Å²) in [6.07, 6.45) is 0. The summed E-state index contributed by atoms with van der Waals surface area (Å²) in [5.74, 6) is -0.829. The van der Waals surface area contributed by atoms with Gasteiger partial charge in [0.25, 0.3) is 0 Å². The lowest BCUT2D eigenvalue weighted by Gasteiger charge is -2.25. The van der Waals surface area contributed by atoms with Crippen LogP contribution in [0.3, 0.4) is 0 Å². The molecule has 0 aliphatic heterocycles. The van der Waals surface area contributed by atoms with Crippen LogP contribution in [-0.2, 0) is 4.79 Å². The van der Waals surface area contributed by atoms with Gasteiger partial charge in [0, 0.05) is 5.92 Å². The van der Waals surface area contributed by atoms with E-state index in [1.807, 2.05) is 27.9 Å². The molecule has 0 aromatic carbocycles. The minimum Gasteiger partial charge on any atom is -0.544 e. The molecule has 0 bridgehead atoms. The van der Waals surface area contributed by atoms with Crippen LogP contribution in [0.25, 0.3) is 0 Å². The van der Waals surface area contributed by atoms with E-state index >= 15 is 0 Å². The highest BCUT2D eigenvalue weighted by molar-refractivity contribution is 5.69. The largest absolute Gasteiger partial charge is 0.544 e. The van der Waals surface area contributed by atoms with Crippen molar-refractivity contribution in [3.05, 3.63) is 0 Å². The van der Waals surface area contributed by atoms with Crippen molar-refractivity contribution in [1.29, 1.82) is 0 Å². The van der Waals surface area contributed by atoms with E-state index in [2.05, 4.69) is 0 Å². The fourth-order valence-corrected chi connectivity index (χ4v) is 1.17. The molecule has 0 fully saturated rings. The zero-order valence-electron chi connectivity index (χ0n) is 6.97. The monoisotopic (exact) mass is 145 g/mol. The average Bonchev–Trinajstić information content (AvgIpc) is 1.59. The minimum absolute atomic E-state index is 0.134. The lowest BCUT2D eigenvalue weighted by molar-refractivity contribution is -0.882. The minimum atomic E-state index is -0.963. The SMILES string of the molecule is CC(C)[C@@H](C(=O)[O-])[NH+](C)C. The van der Waals surface area contributed by atoms with Gasteiger partial charge in [-0.15, -0.1) is 0 Å². The van der Waals surface area contributed by atoms with Gasteiger partial charge in [-0.2, -0.15) is 0 Å². The number of rotatable bonds is 3. The first kappa shape index (κ1) is 9.43. The lowest BCUT2D eigenvalue weighted by atomic mass is 10.0. The van der Waals surface area contributed by atoms with E-state index in [9.17, 15) is 9.90 Å². The van der Waals surface area contributed by atoms with Gasteiger partial charge in [0.15, 0.2) is 0 Å². The molecule has 0 radical (unpaired) electrons. The Hall–Kier alpha value is -0.570. The van der Waals surface area contributed by atoms with Crippen molar-refractivity contribution >= 4 is 5.97 Å². The standard InChI is InChI=1S/C7H15NO2/c1-5(2)6(7(9)10)8(3)4/h5-6H,1-4H3,(H,9,10)/t6-/m0/s1. The highest BCUT2D eigenvalue weighted by atomic mass is 16.4. The number of carbonyl (C=O) groups excluding carboxylic acids is 1. The fourth-order valence-electron chi connectivity index (χ4n) is 1.17. The van der Waals surface area contributed by atoms with Gasteiger partial charge in [-0.1, -0.05) is 13.8 Å². The molecule has 3 heteroatoms. The van der Waals surface area contributed by atoms with E-state index in [4.69, 9.17) is 0 Å². The molecule has 0 aliphatic rings. The van der Waals surface area contributed by atoms with Crippen LogP contribution in [0.15, 0.2) is 0 Å². The van der Waals surface area contributed by atoms with E-state index < -0.39 is 5.97 Å². The van der Waals surface area contributed by atoms with E-state index in [1.165, 1.54) is 0 Å². The van der Waals surface area contributed by atoms with Gasteiger partial charge in [-0.25, -0.2) is 0 Å². The molecule has 0 unspecified atom stereocenters. The van der Waals surface area contributed by atoms with Gasteiger partial charge in [0.1, 0.15) is 6.04 Å². The first-order chi connectivity index (χ1) is 4.46. The number of quaternary nitrogens is 1. The van der Waals surface area contributed by atoms with Crippen molar-refractivity contribution in [2.45, 2.75) is 19.9 Å². The molecule has 1 N–H and O–H groups in total. The number of hydrogen-bond donors (Lipinski definition) is 1. The molecule has 0 saturated carbocycles. The molecule has 0 saturated heterocycles. The molecule has 0 aromatic rings. The molecule has 0 rings (SSSR count). The zero-order valence-corrected chi connectivity index (χ0v) is 6.97. The first-order valence-corrected chi connectivity index (χ1v) is 3.47. The van der Waals surface area contributed by atoms with Crippen molar-refractivity contribution in [2.24, 2.45) is 5.92 Å². The summed E-state index contributed by atoms with van der Waals surface area (Å²) in [5.41, 5.74) is 0. The van der Waals surface area contributed by atoms with Crippen molar-refractivity contribution in [3.63, 3.8) is 0 Å². The third-order valence-electron chi connectivity index (χ3n) is 1.54. The zero-order chi connectivity index (χ0) is 8.31.